The van der Waals surface area contributed by atoms with E-state index in [1.807, 2.05) is 55.4 Å². The zero-order valence-electron chi connectivity index (χ0n) is 22.2. The molecule has 2 aliphatic heterocycles. The molecule has 39 heavy (non-hydrogen) atoms. The predicted molar refractivity (Wildman–Crippen MR) is 152 cm³/mol. The van der Waals surface area contributed by atoms with Crippen LogP contribution in [0.25, 0.3) is 27.4 Å². The third kappa shape index (κ3) is 4.51. The van der Waals surface area contributed by atoms with Gasteiger partial charge >= 0.3 is 0 Å². The van der Waals surface area contributed by atoms with Gasteiger partial charge in [0.15, 0.2) is 17.3 Å². The van der Waals surface area contributed by atoms with Gasteiger partial charge in [-0.15, -0.1) is 0 Å². The first-order valence-electron chi connectivity index (χ1n) is 13.4. The van der Waals surface area contributed by atoms with Crippen molar-refractivity contribution in [3.63, 3.8) is 0 Å². The number of unbranched alkanes of at least 4 members (excludes halogenated alkanes) is 1. The number of benzene rings is 3. The van der Waals surface area contributed by atoms with Crippen LogP contribution in [-0.4, -0.2) is 61.7 Å². The van der Waals surface area contributed by atoms with Crippen LogP contribution in [0.3, 0.4) is 0 Å². The van der Waals surface area contributed by atoms with Gasteiger partial charge in [0.2, 0.25) is 5.43 Å². The van der Waals surface area contributed by atoms with Gasteiger partial charge in [0.1, 0.15) is 16.8 Å². The summed E-state index contributed by atoms with van der Waals surface area (Å²) in [7, 11) is 4.00. The fourth-order valence-electron chi connectivity index (χ4n) is 5.59. The first kappa shape index (κ1) is 25.3. The van der Waals surface area contributed by atoms with E-state index < -0.39 is 17.2 Å². The van der Waals surface area contributed by atoms with Gasteiger partial charge in [0.05, 0.1) is 11.1 Å². The third-order valence-corrected chi connectivity index (χ3v) is 7.57. The van der Waals surface area contributed by atoms with E-state index in [0.717, 1.165) is 36.6 Å². The molecule has 202 valence electrons. The normalized spacial score (nSPS) is 16.1. The molecule has 0 saturated carbocycles. The number of fused-ring (bicyclic) bond motifs is 3. The van der Waals surface area contributed by atoms with E-state index in [1.165, 1.54) is 6.07 Å². The molecule has 3 heterocycles. The lowest BCUT2D eigenvalue weighted by molar-refractivity contribution is 0.0951. The zero-order valence-corrected chi connectivity index (χ0v) is 22.2. The van der Waals surface area contributed by atoms with Gasteiger partial charge in [-0.25, -0.2) is 4.39 Å². The van der Waals surface area contributed by atoms with Crippen molar-refractivity contribution in [2.45, 2.75) is 25.3 Å². The quantitative estimate of drug-likeness (QED) is 0.310. The first-order valence-corrected chi connectivity index (χ1v) is 13.4. The summed E-state index contributed by atoms with van der Waals surface area (Å²) in [5.74, 6) is -0.243. The summed E-state index contributed by atoms with van der Waals surface area (Å²) < 4.78 is 24.0. The van der Waals surface area contributed by atoms with E-state index in [-0.39, 0.29) is 22.7 Å². The molecule has 0 unspecified atom stereocenters. The summed E-state index contributed by atoms with van der Waals surface area (Å²) in [6.07, 6.45) is 4.01. The molecular formula is C30H32FN5O3. The number of hydrogen-bond donors (Lipinski definition) is 2. The number of carbonyl (C=O) groups is 1. The second-order valence-electron chi connectivity index (χ2n) is 10.7. The van der Waals surface area contributed by atoms with E-state index in [1.54, 1.807) is 10.8 Å². The van der Waals surface area contributed by atoms with Gasteiger partial charge in [0, 0.05) is 31.9 Å². The maximum Gasteiger partial charge on any atom is 0.256 e. The van der Waals surface area contributed by atoms with Crippen molar-refractivity contribution in [3.05, 3.63) is 70.3 Å². The highest BCUT2D eigenvalue weighted by Crippen LogP contribution is 2.48. The number of rotatable bonds is 7. The third-order valence-electron chi connectivity index (χ3n) is 7.57. The van der Waals surface area contributed by atoms with Gasteiger partial charge in [0.25, 0.3) is 5.91 Å². The molecule has 2 aliphatic rings. The SMILES string of the molecule is CN(C)CCCCNC(=O)c1cn2c3c(c(N4CC[C@@H](N)C4)c(F)cc3c1=O)Oc1cc3ccccc3cc1-2. The average Bonchev–Trinajstić information content (AvgIpc) is 3.33. The highest BCUT2D eigenvalue weighted by atomic mass is 19.1. The number of aromatic nitrogens is 1. The standard InChI is InChI=1S/C30H32FN5O3/c1-34(2)11-6-5-10-33-30(38)22-17-36-24-13-18-7-3-4-8-19(18)14-25(24)39-29-26(36)21(28(22)37)15-23(31)27(29)35-12-9-20(32)16-35/h3-4,7-8,13-15,17,20H,5-6,9-12,16,32H2,1-2H3,(H,33,38)/t20-/m1/s1. The van der Waals surface area contributed by atoms with Crippen LogP contribution in [0, 0.1) is 5.82 Å². The van der Waals surface area contributed by atoms with E-state index >= 15 is 4.39 Å². The van der Waals surface area contributed by atoms with Gasteiger partial charge in [-0.05, 0) is 68.9 Å². The number of pyridine rings is 1. The molecular weight excluding hydrogens is 497 g/mol. The van der Waals surface area contributed by atoms with Crippen molar-refractivity contribution >= 4 is 33.3 Å². The number of anilines is 1. The van der Waals surface area contributed by atoms with Gasteiger partial charge in [-0.2, -0.15) is 0 Å². The van der Waals surface area contributed by atoms with Crippen LogP contribution in [0.1, 0.15) is 29.6 Å². The molecule has 0 spiro atoms. The van der Waals surface area contributed by atoms with Crippen LogP contribution in [-0.2, 0) is 0 Å². The second-order valence-corrected chi connectivity index (χ2v) is 10.7. The van der Waals surface area contributed by atoms with Crippen LogP contribution in [0.5, 0.6) is 11.5 Å². The lowest BCUT2D eigenvalue weighted by Crippen LogP contribution is -2.32. The Morgan fingerprint density at radius 3 is 2.67 bits per heavy atom. The second kappa shape index (κ2) is 9.98. The van der Waals surface area contributed by atoms with Crippen LogP contribution in [0.2, 0.25) is 0 Å². The van der Waals surface area contributed by atoms with Crippen molar-refractivity contribution < 1.29 is 13.9 Å². The molecule has 0 radical (unpaired) electrons. The van der Waals surface area contributed by atoms with Crippen molar-refractivity contribution in [2.75, 3.05) is 45.2 Å². The monoisotopic (exact) mass is 529 g/mol. The first-order chi connectivity index (χ1) is 18.8. The predicted octanol–water partition coefficient (Wildman–Crippen LogP) is 4.00. The molecule has 1 saturated heterocycles. The number of amides is 1. The maximum atomic E-state index is 15.8. The van der Waals surface area contributed by atoms with E-state index in [0.29, 0.717) is 42.3 Å². The lowest BCUT2D eigenvalue weighted by atomic mass is 10.0. The number of nitrogens with one attached hydrogen (secondary N) is 1. The van der Waals surface area contributed by atoms with Crippen molar-refractivity contribution in [1.82, 2.24) is 14.8 Å². The Bertz CT molecular complexity index is 1660. The number of halogens is 1. The Balaban J connectivity index is 1.51. The fourth-order valence-corrected chi connectivity index (χ4v) is 5.59. The fraction of sp³-hybridized carbons (Fsp3) is 0.333. The number of nitrogens with two attached hydrogens (primary N) is 1. The lowest BCUT2D eigenvalue weighted by Gasteiger charge is -2.29. The molecule has 9 heteroatoms. The zero-order chi connectivity index (χ0) is 27.3. The van der Waals surface area contributed by atoms with E-state index in [2.05, 4.69) is 10.2 Å². The Morgan fingerprint density at radius 1 is 1.18 bits per heavy atom. The largest absolute Gasteiger partial charge is 0.451 e. The molecule has 8 nitrogen and oxygen atoms in total. The Kier molecular flexibility index (Phi) is 6.48. The summed E-state index contributed by atoms with van der Waals surface area (Å²) in [5.41, 5.74) is 7.01. The molecule has 4 aromatic rings. The van der Waals surface area contributed by atoms with Crippen molar-refractivity contribution in [1.29, 1.82) is 0 Å². The van der Waals surface area contributed by atoms with E-state index in [4.69, 9.17) is 10.5 Å². The highest BCUT2D eigenvalue weighted by molar-refractivity contribution is 6.02. The molecule has 6 rings (SSSR count). The Labute approximate surface area is 225 Å². The Hall–Kier alpha value is -3.95. The van der Waals surface area contributed by atoms with Crippen LogP contribution < -0.4 is 26.1 Å². The Morgan fingerprint density at radius 2 is 1.95 bits per heavy atom. The molecule has 1 atom stereocenters. The molecule has 1 amide bonds. The minimum atomic E-state index is -0.569. The highest BCUT2D eigenvalue weighted by Gasteiger charge is 2.32. The number of nitrogens with zero attached hydrogens (tertiary/aromatic N) is 3. The topological polar surface area (TPSA) is 92.8 Å². The minimum absolute atomic E-state index is 0.0302. The van der Waals surface area contributed by atoms with Gasteiger partial charge in [-0.3, -0.25) is 9.59 Å². The molecule has 1 aromatic heterocycles. The number of hydrogen-bond acceptors (Lipinski definition) is 6. The molecule has 0 aliphatic carbocycles. The van der Waals surface area contributed by atoms with Crippen molar-refractivity contribution in [2.24, 2.45) is 5.73 Å². The maximum absolute atomic E-state index is 15.8. The minimum Gasteiger partial charge on any atom is -0.451 e. The van der Waals surface area contributed by atoms with Gasteiger partial charge < -0.3 is 30.2 Å². The summed E-state index contributed by atoms with van der Waals surface area (Å²) in [4.78, 5) is 30.8. The molecule has 3 N–H and O–H groups in total. The molecule has 0 bridgehead atoms. The van der Waals surface area contributed by atoms with Crippen LogP contribution in [0.4, 0.5) is 10.1 Å². The van der Waals surface area contributed by atoms with E-state index in [9.17, 15) is 9.59 Å². The number of ether oxygens (including phenoxy) is 1. The summed E-state index contributed by atoms with van der Waals surface area (Å²) >= 11 is 0. The van der Waals surface area contributed by atoms with Crippen LogP contribution >= 0.6 is 0 Å². The average molecular weight is 530 g/mol. The molecule has 1 fully saturated rings. The molecule has 3 aromatic carbocycles. The smallest absolute Gasteiger partial charge is 0.256 e. The van der Waals surface area contributed by atoms with Crippen molar-refractivity contribution in [3.8, 4) is 17.2 Å². The summed E-state index contributed by atoms with van der Waals surface area (Å²) in [6.45, 7) is 2.43. The summed E-state index contributed by atoms with van der Waals surface area (Å²) in [5, 5.41) is 4.93. The van der Waals surface area contributed by atoms with Crippen LogP contribution in [0.15, 0.2) is 53.5 Å². The number of carbonyl (C=O) groups excluding carboxylic acids is 1. The summed E-state index contributed by atoms with van der Waals surface area (Å²) in [6, 6.07) is 12.9. The van der Waals surface area contributed by atoms with Gasteiger partial charge in [-0.1, -0.05) is 24.3 Å².